The molecule has 0 spiro atoms. The van der Waals surface area contributed by atoms with Crippen LogP contribution in [0.5, 0.6) is 5.75 Å². The van der Waals surface area contributed by atoms with Gasteiger partial charge in [-0.1, -0.05) is 30.3 Å². The number of hydrogen-bond acceptors (Lipinski definition) is 5. The molecule has 2 rings (SSSR count). The van der Waals surface area contributed by atoms with E-state index in [4.69, 9.17) is 15.2 Å². The van der Waals surface area contributed by atoms with Gasteiger partial charge >= 0.3 is 5.97 Å². The number of rotatable bonds is 7. The molecule has 1 unspecified atom stereocenters. The van der Waals surface area contributed by atoms with Gasteiger partial charge in [-0.25, -0.2) is 4.79 Å². The van der Waals surface area contributed by atoms with Gasteiger partial charge in [-0.05, 0) is 30.7 Å². The highest BCUT2D eigenvalue weighted by Crippen LogP contribution is 2.20. The van der Waals surface area contributed by atoms with Crippen molar-refractivity contribution in [3.05, 3.63) is 59.7 Å². The first-order valence-electron chi connectivity index (χ1n) is 8.00. The second-order valence-corrected chi connectivity index (χ2v) is 5.38. The maximum atomic E-state index is 12.5. The van der Waals surface area contributed by atoms with Gasteiger partial charge in [0, 0.05) is 12.1 Å². The molecule has 0 aliphatic rings. The van der Waals surface area contributed by atoms with Gasteiger partial charge in [0.2, 0.25) is 0 Å². The van der Waals surface area contributed by atoms with Crippen LogP contribution in [-0.4, -0.2) is 31.6 Å². The Labute approximate surface area is 146 Å². The minimum Gasteiger partial charge on any atom is -0.496 e. The summed E-state index contributed by atoms with van der Waals surface area (Å²) in [5, 5.41) is 2.71. The number of anilines is 1. The number of amides is 1. The molecule has 0 saturated carbocycles. The maximum absolute atomic E-state index is 12.5. The molecule has 0 radical (unpaired) electrons. The van der Waals surface area contributed by atoms with Crippen LogP contribution in [0.1, 0.15) is 22.8 Å². The molecule has 6 nitrogen and oxygen atoms in total. The summed E-state index contributed by atoms with van der Waals surface area (Å²) in [5.74, 6) is -0.285. The van der Waals surface area contributed by atoms with E-state index in [9.17, 15) is 9.59 Å². The Morgan fingerprint density at radius 1 is 1.12 bits per heavy atom. The Hall–Kier alpha value is -3.02. The van der Waals surface area contributed by atoms with Gasteiger partial charge in [0.1, 0.15) is 11.8 Å². The van der Waals surface area contributed by atoms with Crippen molar-refractivity contribution in [1.29, 1.82) is 0 Å². The highest BCUT2D eigenvalue weighted by molar-refractivity contribution is 6.01. The lowest BCUT2D eigenvalue weighted by molar-refractivity contribution is -0.145. The Bertz CT molecular complexity index is 746. The van der Waals surface area contributed by atoms with Crippen molar-refractivity contribution in [3.63, 3.8) is 0 Å². The van der Waals surface area contributed by atoms with Crippen molar-refractivity contribution in [2.24, 2.45) is 0 Å². The minimum atomic E-state index is -0.844. The number of esters is 1. The fourth-order valence-electron chi connectivity index (χ4n) is 2.47. The number of benzene rings is 2. The average Bonchev–Trinajstić information content (AvgIpc) is 2.62. The molecule has 0 fully saturated rings. The largest absolute Gasteiger partial charge is 0.496 e. The molecule has 0 heterocycles. The van der Waals surface area contributed by atoms with Gasteiger partial charge in [0.15, 0.2) is 0 Å². The summed E-state index contributed by atoms with van der Waals surface area (Å²) in [5.41, 5.74) is 7.29. The van der Waals surface area contributed by atoms with Gasteiger partial charge in [-0.15, -0.1) is 0 Å². The van der Waals surface area contributed by atoms with E-state index in [1.165, 1.54) is 0 Å². The molecule has 2 aromatic rings. The Kier molecular flexibility index (Phi) is 6.39. The summed E-state index contributed by atoms with van der Waals surface area (Å²) in [6.07, 6.45) is 0.251. The van der Waals surface area contributed by atoms with Crippen molar-refractivity contribution < 1.29 is 19.1 Å². The zero-order valence-corrected chi connectivity index (χ0v) is 14.3. The molecule has 3 N–H and O–H groups in total. The SMILES string of the molecule is CCOC(=O)C(Cc1ccccc1OC)NC(=O)c1ccccc1N. The molecule has 132 valence electrons. The Morgan fingerprint density at radius 3 is 2.48 bits per heavy atom. The van der Waals surface area contributed by atoms with E-state index in [1.54, 1.807) is 44.4 Å². The zero-order valence-electron chi connectivity index (χ0n) is 14.3. The molecule has 0 bridgehead atoms. The van der Waals surface area contributed by atoms with Gasteiger partial charge in [0.25, 0.3) is 5.91 Å². The van der Waals surface area contributed by atoms with E-state index < -0.39 is 17.9 Å². The lowest BCUT2D eigenvalue weighted by atomic mass is 10.0. The normalized spacial score (nSPS) is 11.4. The molecule has 0 aliphatic heterocycles. The summed E-state index contributed by atoms with van der Waals surface area (Å²) < 4.78 is 10.4. The van der Waals surface area contributed by atoms with Crippen LogP contribution in [0, 0.1) is 0 Å². The summed E-state index contributed by atoms with van der Waals surface area (Å²) in [7, 11) is 1.56. The zero-order chi connectivity index (χ0) is 18.2. The van der Waals surface area contributed by atoms with E-state index in [2.05, 4.69) is 5.32 Å². The molecule has 0 aliphatic carbocycles. The van der Waals surface area contributed by atoms with E-state index in [0.717, 1.165) is 5.56 Å². The summed E-state index contributed by atoms with van der Waals surface area (Å²) in [6.45, 7) is 1.94. The molecule has 0 saturated heterocycles. The number of hydrogen-bond donors (Lipinski definition) is 2. The summed E-state index contributed by atoms with van der Waals surface area (Å²) >= 11 is 0. The van der Waals surface area contributed by atoms with Crippen LogP contribution in [-0.2, 0) is 16.0 Å². The molecule has 1 amide bonds. The van der Waals surface area contributed by atoms with Crippen LogP contribution in [0.3, 0.4) is 0 Å². The quantitative estimate of drug-likeness (QED) is 0.594. The summed E-state index contributed by atoms with van der Waals surface area (Å²) in [4.78, 5) is 24.8. The molecular weight excluding hydrogens is 320 g/mol. The predicted molar refractivity (Wildman–Crippen MR) is 95.4 cm³/mol. The van der Waals surface area contributed by atoms with Gasteiger partial charge in [-0.2, -0.15) is 0 Å². The third kappa shape index (κ3) is 4.73. The molecule has 2 aromatic carbocycles. The number of methoxy groups -OCH3 is 1. The first-order chi connectivity index (χ1) is 12.1. The van der Waals surface area contributed by atoms with E-state index in [0.29, 0.717) is 17.0 Å². The second-order valence-electron chi connectivity index (χ2n) is 5.38. The molecule has 25 heavy (non-hydrogen) atoms. The highest BCUT2D eigenvalue weighted by atomic mass is 16.5. The lowest BCUT2D eigenvalue weighted by Gasteiger charge is -2.19. The minimum absolute atomic E-state index is 0.227. The van der Waals surface area contributed by atoms with Crippen LogP contribution < -0.4 is 15.8 Å². The van der Waals surface area contributed by atoms with Crippen LogP contribution in [0.4, 0.5) is 5.69 Å². The van der Waals surface area contributed by atoms with Crippen molar-refractivity contribution in [3.8, 4) is 5.75 Å². The number of ether oxygens (including phenoxy) is 2. The van der Waals surface area contributed by atoms with Gasteiger partial charge in [0.05, 0.1) is 19.3 Å². The molecular formula is C19H22N2O4. The van der Waals surface area contributed by atoms with Crippen molar-refractivity contribution in [2.75, 3.05) is 19.5 Å². The van der Waals surface area contributed by atoms with Gasteiger partial charge in [-0.3, -0.25) is 4.79 Å². The van der Waals surface area contributed by atoms with E-state index in [-0.39, 0.29) is 13.0 Å². The Morgan fingerprint density at radius 2 is 1.80 bits per heavy atom. The first kappa shape index (κ1) is 18.3. The van der Waals surface area contributed by atoms with Crippen LogP contribution in [0.15, 0.2) is 48.5 Å². The maximum Gasteiger partial charge on any atom is 0.328 e. The Balaban J connectivity index is 2.23. The monoisotopic (exact) mass is 342 g/mol. The van der Waals surface area contributed by atoms with Crippen LogP contribution in [0.2, 0.25) is 0 Å². The van der Waals surface area contributed by atoms with E-state index in [1.807, 2.05) is 18.2 Å². The molecule has 6 heteroatoms. The topological polar surface area (TPSA) is 90.6 Å². The van der Waals surface area contributed by atoms with Crippen molar-refractivity contribution in [1.82, 2.24) is 5.32 Å². The number of carbonyl (C=O) groups is 2. The highest BCUT2D eigenvalue weighted by Gasteiger charge is 2.25. The third-order valence-electron chi connectivity index (χ3n) is 3.70. The predicted octanol–water partition coefficient (Wildman–Crippen LogP) is 2.18. The number of nitrogens with two attached hydrogens (primary N) is 1. The fourth-order valence-corrected chi connectivity index (χ4v) is 2.47. The summed E-state index contributed by atoms with van der Waals surface area (Å²) in [6, 6.07) is 13.2. The third-order valence-corrected chi connectivity index (χ3v) is 3.70. The number of nitrogens with one attached hydrogen (secondary N) is 1. The lowest BCUT2D eigenvalue weighted by Crippen LogP contribution is -2.43. The fraction of sp³-hybridized carbons (Fsp3) is 0.263. The van der Waals surface area contributed by atoms with Crippen LogP contribution in [0.25, 0.3) is 0 Å². The van der Waals surface area contributed by atoms with Crippen molar-refractivity contribution >= 4 is 17.6 Å². The van der Waals surface area contributed by atoms with E-state index >= 15 is 0 Å². The molecule has 1 atom stereocenters. The smallest absolute Gasteiger partial charge is 0.328 e. The first-order valence-corrected chi connectivity index (χ1v) is 8.00. The average molecular weight is 342 g/mol. The number of para-hydroxylation sites is 2. The number of carbonyl (C=O) groups excluding carboxylic acids is 2. The van der Waals surface area contributed by atoms with Crippen LogP contribution >= 0.6 is 0 Å². The number of nitrogen functional groups attached to an aromatic ring is 1. The van der Waals surface area contributed by atoms with Crippen molar-refractivity contribution in [2.45, 2.75) is 19.4 Å². The van der Waals surface area contributed by atoms with Gasteiger partial charge < -0.3 is 20.5 Å². The standard InChI is InChI=1S/C19H22N2O4/c1-3-25-19(23)16(12-13-8-4-7-11-17(13)24-2)21-18(22)14-9-5-6-10-15(14)20/h4-11,16H,3,12,20H2,1-2H3,(H,21,22). The second kappa shape index (κ2) is 8.73. The molecule has 0 aromatic heterocycles.